The molecule has 4 rings (SSSR count). The molecule has 1 aromatic heterocycles. The Morgan fingerprint density at radius 1 is 1.16 bits per heavy atom. The van der Waals surface area contributed by atoms with Crippen molar-refractivity contribution in [3.63, 3.8) is 0 Å². The summed E-state index contributed by atoms with van der Waals surface area (Å²) < 4.78 is 0. The van der Waals surface area contributed by atoms with Crippen LogP contribution in [0.2, 0.25) is 0 Å². The number of nitrogens with zero attached hydrogens (tertiary/aromatic N) is 2. The lowest BCUT2D eigenvalue weighted by atomic mass is 9.95. The number of benzene rings is 1. The second-order valence-corrected chi connectivity index (χ2v) is 7.24. The van der Waals surface area contributed by atoms with Crippen LogP contribution in [0.3, 0.4) is 0 Å². The number of carbonyl (C=O) groups is 2. The minimum Gasteiger partial charge on any atom is -0.346 e. The van der Waals surface area contributed by atoms with Gasteiger partial charge in [-0.05, 0) is 44.7 Å². The third-order valence-electron chi connectivity index (χ3n) is 5.28. The molecule has 2 heterocycles. The zero-order valence-electron chi connectivity index (χ0n) is 14.5. The number of H-pyrrole nitrogens is 1. The highest BCUT2D eigenvalue weighted by Gasteiger charge is 2.36. The van der Waals surface area contributed by atoms with Crippen LogP contribution in [-0.4, -0.2) is 39.8 Å². The van der Waals surface area contributed by atoms with Crippen LogP contribution in [0, 0.1) is 11.8 Å². The second kappa shape index (κ2) is 6.50. The first-order chi connectivity index (χ1) is 12.1. The van der Waals surface area contributed by atoms with E-state index in [1.54, 1.807) is 0 Å². The summed E-state index contributed by atoms with van der Waals surface area (Å²) in [5.41, 5.74) is 1.89. The number of para-hydroxylation sites is 2. The highest BCUT2D eigenvalue weighted by atomic mass is 16.2. The molecule has 1 atom stereocenters. The van der Waals surface area contributed by atoms with E-state index in [9.17, 15) is 9.59 Å². The van der Waals surface area contributed by atoms with Gasteiger partial charge in [0, 0.05) is 24.9 Å². The number of nitrogens with one attached hydrogen (secondary N) is 2. The summed E-state index contributed by atoms with van der Waals surface area (Å²) in [6.07, 6.45) is 3.57. The van der Waals surface area contributed by atoms with Crippen molar-refractivity contribution in [1.82, 2.24) is 20.2 Å². The van der Waals surface area contributed by atoms with Crippen LogP contribution >= 0.6 is 0 Å². The summed E-state index contributed by atoms with van der Waals surface area (Å²) in [5, 5.41) is 3.07. The number of likely N-dealkylation sites (tertiary alicyclic amines) is 1. The largest absolute Gasteiger partial charge is 0.346 e. The second-order valence-electron chi connectivity index (χ2n) is 7.24. The monoisotopic (exact) mass is 340 g/mol. The summed E-state index contributed by atoms with van der Waals surface area (Å²) in [5.74, 6) is 1.37. The van der Waals surface area contributed by atoms with Crippen molar-refractivity contribution in [3.8, 4) is 0 Å². The highest BCUT2D eigenvalue weighted by Crippen LogP contribution is 2.32. The van der Waals surface area contributed by atoms with E-state index < -0.39 is 0 Å². The van der Waals surface area contributed by atoms with Gasteiger partial charge in [0.15, 0.2) is 0 Å². The Bertz CT molecular complexity index is 755. The van der Waals surface area contributed by atoms with E-state index in [0.29, 0.717) is 13.1 Å². The fourth-order valence-electron chi connectivity index (χ4n) is 3.53. The first-order valence-corrected chi connectivity index (χ1v) is 9.15. The van der Waals surface area contributed by atoms with Crippen molar-refractivity contribution in [2.45, 2.75) is 38.6 Å². The number of rotatable bonds is 4. The van der Waals surface area contributed by atoms with Crippen LogP contribution in [0.15, 0.2) is 24.3 Å². The first kappa shape index (κ1) is 16.1. The van der Waals surface area contributed by atoms with Crippen LogP contribution in [0.4, 0.5) is 0 Å². The lowest BCUT2D eigenvalue weighted by Crippen LogP contribution is -2.44. The quantitative estimate of drug-likeness (QED) is 0.897. The third-order valence-corrected chi connectivity index (χ3v) is 5.28. The number of piperidine rings is 1. The topological polar surface area (TPSA) is 78.1 Å². The molecule has 1 unspecified atom stereocenters. The first-order valence-electron chi connectivity index (χ1n) is 9.15. The molecule has 1 aliphatic heterocycles. The lowest BCUT2D eigenvalue weighted by molar-refractivity contribution is -0.136. The Balaban J connectivity index is 1.33. The van der Waals surface area contributed by atoms with Gasteiger partial charge in [-0.25, -0.2) is 4.98 Å². The van der Waals surface area contributed by atoms with Crippen molar-refractivity contribution < 1.29 is 9.59 Å². The van der Waals surface area contributed by atoms with Crippen molar-refractivity contribution in [2.75, 3.05) is 13.1 Å². The van der Waals surface area contributed by atoms with Gasteiger partial charge >= 0.3 is 0 Å². The van der Waals surface area contributed by atoms with Gasteiger partial charge in [0.1, 0.15) is 5.82 Å². The molecule has 6 heteroatoms. The minimum absolute atomic E-state index is 0.0184. The molecule has 0 radical (unpaired) electrons. The molecular weight excluding hydrogens is 316 g/mol. The van der Waals surface area contributed by atoms with E-state index in [-0.39, 0.29) is 29.7 Å². The Morgan fingerprint density at radius 3 is 2.56 bits per heavy atom. The molecule has 2 aromatic rings. The van der Waals surface area contributed by atoms with Gasteiger partial charge in [0.25, 0.3) is 0 Å². The van der Waals surface area contributed by atoms with E-state index in [4.69, 9.17) is 0 Å². The van der Waals surface area contributed by atoms with Gasteiger partial charge in [0.05, 0.1) is 17.1 Å². The molecular formula is C19H24N4O2. The maximum Gasteiger partial charge on any atom is 0.225 e. The van der Waals surface area contributed by atoms with Crippen molar-refractivity contribution in [3.05, 3.63) is 30.1 Å². The molecule has 2 aliphatic rings. The normalized spacial score (nSPS) is 19.8. The molecule has 2 N–H and O–H groups in total. The molecule has 1 saturated carbocycles. The predicted octanol–water partition coefficient (Wildman–Crippen LogP) is 2.39. The fourth-order valence-corrected chi connectivity index (χ4v) is 3.53. The minimum atomic E-state index is -0.161. The number of fused-ring (bicyclic) bond motifs is 1. The van der Waals surface area contributed by atoms with Gasteiger partial charge in [-0.2, -0.15) is 0 Å². The lowest BCUT2D eigenvalue weighted by Gasteiger charge is -2.32. The number of amides is 2. The number of aromatic nitrogens is 2. The average molecular weight is 340 g/mol. The third kappa shape index (κ3) is 3.38. The number of hydrogen-bond acceptors (Lipinski definition) is 3. The van der Waals surface area contributed by atoms with Gasteiger partial charge in [-0.3, -0.25) is 9.59 Å². The van der Waals surface area contributed by atoms with Crippen molar-refractivity contribution in [1.29, 1.82) is 0 Å². The van der Waals surface area contributed by atoms with Crippen LogP contribution in [0.1, 0.15) is 44.5 Å². The van der Waals surface area contributed by atoms with Gasteiger partial charge in [0.2, 0.25) is 11.8 Å². The maximum atomic E-state index is 12.6. The Morgan fingerprint density at radius 2 is 1.88 bits per heavy atom. The molecule has 1 aliphatic carbocycles. The summed E-state index contributed by atoms with van der Waals surface area (Å²) in [6, 6.07) is 7.69. The number of hydrogen-bond donors (Lipinski definition) is 2. The van der Waals surface area contributed by atoms with E-state index in [1.165, 1.54) is 0 Å². The number of aromatic amines is 1. The number of imidazole rings is 1. The summed E-state index contributed by atoms with van der Waals surface area (Å²) >= 11 is 0. The molecule has 1 saturated heterocycles. The highest BCUT2D eigenvalue weighted by molar-refractivity contribution is 5.82. The molecule has 132 valence electrons. The molecule has 2 amide bonds. The maximum absolute atomic E-state index is 12.6. The molecule has 1 aromatic carbocycles. The van der Waals surface area contributed by atoms with E-state index >= 15 is 0 Å². The molecule has 0 spiro atoms. The molecule has 0 bridgehead atoms. The van der Waals surface area contributed by atoms with Crippen molar-refractivity contribution in [2.24, 2.45) is 11.8 Å². The number of carbonyl (C=O) groups excluding carboxylic acids is 2. The Kier molecular flexibility index (Phi) is 4.19. The molecule has 6 nitrogen and oxygen atoms in total. The average Bonchev–Trinajstić information content (AvgIpc) is 3.39. The van der Waals surface area contributed by atoms with Crippen molar-refractivity contribution >= 4 is 22.8 Å². The fraction of sp³-hybridized carbons (Fsp3) is 0.526. The Hall–Kier alpha value is -2.37. The molecule has 25 heavy (non-hydrogen) atoms. The van der Waals surface area contributed by atoms with Crippen LogP contribution in [0.5, 0.6) is 0 Å². The van der Waals surface area contributed by atoms with E-state index in [2.05, 4.69) is 15.3 Å². The van der Waals surface area contributed by atoms with Gasteiger partial charge in [-0.15, -0.1) is 0 Å². The zero-order chi connectivity index (χ0) is 17.4. The van der Waals surface area contributed by atoms with E-state index in [0.717, 1.165) is 42.5 Å². The van der Waals surface area contributed by atoms with Crippen LogP contribution in [0.25, 0.3) is 11.0 Å². The predicted molar refractivity (Wildman–Crippen MR) is 94.7 cm³/mol. The smallest absolute Gasteiger partial charge is 0.225 e. The standard InChI is InChI=1S/C19H24N4O2/c1-12(17-21-15-4-2-3-5-16(15)22-17)20-18(24)13-8-10-23(11-9-13)19(25)14-6-7-14/h2-5,12-14H,6-11H2,1H3,(H,20,24)(H,21,22). The SMILES string of the molecule is CC(NC(=O)C1CCN(C(=O)C2CC2)CC1)c1nc2ccccc2[nH]1. The van der Waals surface area contributed by atoms with Gasteiger partial charge < -0.3 is 15.2 Å². The summed E-state index contributed by atoms with van der Waals surface area (Å²) in [6.45, 7) is 3.35. The Labute approximate surface area is 147 Å². The zero-order valence-corrected chi connectivity index (χ0v) is 14.5. The summed E-state index contributed by atoms with van der Waals surface area (Å²) in [7, 11) is 0. The molecule has 2 fully saturated rings. The van der Waals surface area contributed by atoms with E-state index in [1.807, 2.05) is 36.1 Å². The van der Waals surface area contributed by atoms with Gasteiger partial charge in [-0.1, -0.05) is 12.1 Å². The van der Waals surface area contributed by atoms with Crippen LogP contribution in [-0.2, 0) is 9.59 Å². The summed E-state index contributed by atoms with van der Waals surface area (Å²) in [4.78, 5) is 34.4. The van der Waals surface area contributed by atoms with Crippen LogP contribution < -0.4 is 5.32 Å².